The monoisotopic (exact) mass is 310 g/mol. The second-order valence-electron chi connectivity index (χ2n) is 7.02. The fourth-order valence-corrected chi connectivity index (χ4v) is 3.46. The lowest BCUT2D eigenvalue weighted by molar-refractivity contribution is 0.559. The molecule has 0 spiro atoms. The largest absolute Gasteiger partial charge is 0.315 e. The van der Waals surface area contributed by atoms with Crippen LogP contribution in [-0.2, 0) is 19.4 Å². The molecule has 0 aromatic carbocycles. The van der Waals surface area contributed by atoms with E-state index in [2.05, 4.69) is 47.8 Å². The minimum atomic E-state index is 0.347. The average Bonchev–Trinajstić information content (AvgIpc) is 2.65. The van der Waals surface area contributed by atoms with Crippen molar-refractivity contribution < 1.29 is 0 Å². The first-order chi connectivity index (χ1) is 9.96. The topological polar surface area (TPSA) is 42.7 Å². The van der Waals surface area contributed by atoms with Crippen LogP contribution < -0.4 is 5.32 Å². The Labute approximate surface area is 133 Å². The van der Waals surface area contributed by atoms with Crippen LogP contribution in [0.5, 0.6) is 0 Å². The third-order valence-corrected chi connectivity index (χ3v) is 5.33. The lowest BCUT2D eigenvalue weighted by Gasteiger charge is -2.21. The van der Waals surface area contributed by atoms with Gasteiger partial charge in [-0.25, -0.2) is 0 Å². The van der Waals surface area contributed by atoms with Crippen molar-refractivity contribution in [3.8, 4) is 0 Å². The van der Waals surface area contributed by atoms with Crippen molar-refractivity contribution in [2.45, 2.75) is 77.1 Å². The third-order valence-electron chi connectivity index (χ3n) is 3.79. The van der Waals surface area contributed by atoms with Crippen LogP contribution in [0.4, 0.5) is 0 Å². The Kier molecular flexibility index (Phi) is 6.11. The minimum absolute atomic E-state index is 0.347. The molecule has 1 aliphatic heterocycles. The zero-order valence-electron chi connectivity index (χ0n) is 14.0. The summed E-state index contributed by atoms with van der Waals surface area (Å²) in [7, 11) is 0. The Bertz CT molecular complexity index is 436. The van der Waals surface area contributed by atoms with Crippen LogP contribution in [-0.4, -0.2) is 37.9 Å². The first-order valence-electron chi connectivity index (χ1n) is 8.24. The van der Waals surface area contributed by atoms with Crippen LogP contribution in [0.3, 0.4) is 0 Å². The summed E-state index contributed by atoms with van der Waals surface area (Å²) >= 11 is 2.02. The highest BCUT2D eigenvalue weighted by atomic mass is 32.2. The molecule has 1 N–H and O–H groups in total. The van der Waals surface area contributed by atoms with Crippen molar-refractivity contribution in [1.29, 1.82) is 0 Å². The number of hydrogen-bond acceptors (Lipinski definition) is 4. The van der Waals surface area contributed by atoms with Crippen molar-refractivity contribution in [3.05, 3.63) is 11.6 Å². The van der Waals surface area contributed by atoms with Gasteiger partial charge in [0.2, 0.25) is 0 Å². The third kappa shape index (κ3) is 5.62. The predicted molar refractivity (Wildman–Crippen MR) is 91.0 cm³/mol. The molecular formula is C16H30N4S. The summed E-state index contributed by atoms with van der Waals surface area (Å²) in [5, 5.41) is 12.4. The molecule has 1 aromatic rings. The molecule has 4 nitrogen and oxygen atoms in total. The highest BCUT2D eigenvalue weighted by Gasteiger charge is 2.15. The van der Waals surface area contributed by atoms with Gasteiger partial charge in [-0.15, -0.1) is 10.2 Å². The highest BCUT2D eigenvalue weighted by molar-refractivity contribution is 8.00. The number of nitrogens with one attached hydrogen (secondary N) is 1. The van der Waals surface area contributed by atoms with Gasteiger partial charge in [0.05, 0.1) is 0 Å². The lowest BCUT2D eigenvalue weighted by Crippen LogP contribution is -2.32. The molecule has 21 heavy (non-hydrogen) atoms. The first kappa shape index (κ1) is 16.8. The first-order valence-corrected chi connectivity index (χ1v) is 9.22. The molecule has 5 heteroatoms. The molecule has 0 radical (unpaired) electrons. The zero-order chi connectivity index (χ0) is 15.3. The van der Waals surface area contributed by atoms with E-state index in [1.807, 2.05) is 11.8 Å². The molecule has 0 amide bonds. The second kappa shape index (κ2) is 7.63. The van der Waals surface area contributed by atoms with Gasteiger partial charge in [0.25, 0.3) is 0 Å². The van der Waals surface area contributed by atoms with Gasteiger partial charge in [-0.3, -0.25) is 0 Å². The maximum atomic E-state index is 4.39. The molecule has 0 saturated heterocycles. The highest BCUT2D eigenvalue weighted by Crippen LogP contribution is 2.23. The number of rotatable bonds is 6. The number of thioether (sulfide) groups is 1. The molecule has 0 saturated carbocycles. The summed E-state index contributed by atoms with van der Waals surface area (Å²) in [5.41, 5.74) is 0. The van der Waals surface area contributed by atoms with Gasteiger partial charge < -0.3 is 9.88 Å². The van der Waals surface area contributed by atoms with E-state index in [0.717, 1.165) is 37.5 Å². The van der Waals surface area contributed by atoms with Gasteiger partial charge in [-0.2, -0.15) is 11.8 Å². The lowest BCUT2D eigenvalue weighted by atomic mass is 10.2. The Morgan fingerprint density at radius 2 is 2.05 bits per heavy atom. The maximum absolute atomic E-state index is 4.39. The number of aryl methyl sites for hydroxylation is 1. The summed E-state index contributed by atoms with van der Waals surface area (Å²) in [4.78, 5) is 0. The number of nitrogens with zero attached hydrogens (tertiary/aromatic N) is 3. The van der Waals surface area contributed by atoms with Crippen molar-refractivity contribution >= 4 is 11.8 Å². The Hall–Kier alpha value is -0.550. The van der Waals surface area contributed by atoms with E-state index >= 15 is 0 Å². The zero-order valence-corrected chi connectivity index (χ0v) is 14.8. The number of fused-ring (bicyclic) bond motifs is 1. The van der Waals surface area contributed by atoms with Crippen molar-refractivity contribution in [1.82, 2.24) is 20.1 Å². The molecule has 1 atom stereocenters. The molecule has 0 fully saturated rings. The van der Waals surface area contributed by atoms with Crippen molar-refractivity contribution in [2.75, 3.05) is 12.3 Å². The summed E-state index contributed by atoms with van der Waals surface area (Å²) in [6, 6.07) is 0.542. The predicted octanol–water partition coefficient (Wildman–Crippen LogP) is 3.06. The molecule has 0 bridgehead atoms. The Balaban J connectivity index is 1.75. The Morgan fingerprint density at radius 1 is 1.24 bits per heavy atom. The van der Waals surface area contributed by atoms with E-state index < -0.39 is 0 Å². The van der Waals surface area contributed by atoms with Gasteiger partial charge in [-0.05, 0) is 19.8 Å². The molecule has 0 aliphatic carbocycles. The molecule has 1 aromatic heterocycles. The summed E-state index contributed by atoms with van der Waals surface area (Å²) < 4.78 is 2.70. The normalized spacial score (nSPS) is 17.3. The van der Waals surface area contributed by atoms with E-state index in [0.29, 0.717) is 10.8 Å². The van der Waals surface area contributed by atoms with E-state index in [1.165, 1.54) is 25.1 Å². The summed E-state index contributed by atoms with van der Waals surface area (Å²) in [6.07, 6.45) is 5.93. The van der Waals surface area contributed by atoms with Crippen LogP contribution in [0.2, 0.25) is 0 Å². The van der Waals surface area contributed by atoms with E-state index in [1.54, 1.807) is 0 Å². The summed E-state index contributed by atoms with van der Waals surface area (Å²) in [6.45, 7) is 11.2. The maximum Gasteiger partial charge on any atom is 0.134 e. The minimum Gasteiger partial charge on any atom is -0.315 e. The van der Waals surface area contributed by atoms with Crippen LogP contribution in [0.1, 0.15) is 58.6 Å². The Morgan fingerprint density at radius 3 is 2.81 bits per heavy atom. The van der Waals surface area contributed by atoms with Crippen molar-refractivity contribution in [3.63, 3.8) is 0 Å². The van der Waals surface area contributed by atoms with Gasteiger partial charge in [-0.1, -0.05) is 27.2 Å². The molecule has 2 rings (SSSR count). The van der Waals surface area contributed by atoms with Gasteiger partial charge in [0, 0.05) is 42.5 Å². The molecule has 2 heterocycles. The smallest absolute Gasteiger partial charge is 0.134 e. The SMILES string of the molecule is C[C@@H](CSC(C)(C)C)NCCc1nnc2n1CCCCC2. The van der Waals surface area contributed by atoms with Crippen molar-refractivity contribution in [2.24, 2.45) is 0 Å². The molecule has 1 aliphatic rings. The summed E-state index contributed by atoms with van der Waals surface area (Å²) in [5.74, 6) is 3.51. The van der Waals surface area contributed by atoms with E-state index in [-0.39, 0.29) is 0 Å². The van der Waals surface area contributed by atoms with Gasteiger partial charge >= 0.3 is 0 Å². The van der Waals surface area contributed by atoms with Crippen LogP contribution in [0.25, 0.3) is 0 Å². The fourth-order valence-electron chi connectivity index (χ4n) is 2.59. The quantitative estimate of drug-likeness (QED) is 0.877. The fraction of sp³-hybridized carbons (Fsp3) is 0.875. The number of hydrogen-bond donors (Lipinski definition) is 1. The van der Waals surface area contributed by atoms with Crippen LogP contribution >= 0.6 is 11.8 Å². The van der Waals surface area contributed by atoms with Gasteiger partial charge in [0.1, 0.15) is 11.6 Å². The van der Waals surface area contributed by atoms with Gasteiger partial charge in [0.15, 0.2) is 0 Å². The van der Waals surface area contributed by atoms with E-state index in [4.69, 9.17) is 0 Å². The average molecular weight is 311 g/mol. The standard InChI is InChI=1S/C16H30N4S/c1-13(12-21-16(2,3)4)17-10-9-15-19-18-14-8-6-5-7-11-20(14)15/h13,17H,5-12H2,1-4H3/t13-/m0/s1. The molecule has 0 unspecified atom stereocenters. The van der Waals surface area contributed by atoms with E-state index in [9.17, 15) is 0 Å². The molecule has 120 valence electrons. The van der Waals surface area contributed by atoms with Crippen LogP contribution in [0.15, 0.2) is 0 Å². The molecular weight excluding hydrogens is 280 g/mol. The van der Waals surface area contributed by atoms with Crippen LogP contribution in [0, 0.1) is 0 Å². The second-order valence-corrected chi connectivity index (χ2v) is 8.87. The number of aromatic nitrogens is 3.